The Bertz CT molecular complexity index is 933. The molecule has 0 amide bonds. The molecule has 1 heterocycles. The van der Waals surface area contributed by atoms with Gasteiger partial charge in [0.05, 0.1) is 11.5 Å². The third-order valence-electron chi connectivity index (χ3n) is 3.54. The van der Waals surface area contributed by atoms with Gasteiger partial charge in [0.25, 0.3) is 0 Å². The molecule has 0 atom stereocenters. The Balaban J connectivity index is 1.88. The zero-order chi connectivity index (χ0) is 19.2. The van der Waals surface area contributed by atoms with Gasteiger partial charge in [0.1, 0.15) is 12.1 Å². The van der Waals surface area contributed by atoms with Crippen LogP contribution in [0, 0.1) is 10.1 Å². The number of anilines is 4. The Kier molecular flexibility index (Phi) is 5.68. The lowest BCUT2D eigenvalue weighted by molar-refractivity contribution is -0.383. The summed E-state index contributed by atoms with van der Waals surface area (Å²) in [5.74, 6) is 0.867. The first-order valence-electron chi connectivity index (χ1n) is 8.08. The van der Waals surface area contributed by atoms with Gasteiger partial charge >= 0.3 is 5.69 Å². The molecule has 0 unspecified atom stereocenters. The molecule has 0 fully saturated rings. The van der Waals surface area contributed by atoms with Crippen molar-refractivity contribution < 1.29 is 9.66 Å². The van der Waals surface area contributed by atoms with Crippen molar-refractivity contribution in [2.75, 3.05) is 17.2 Å². The average molecular weight is 386 g/mol. The molecule has 2 N–H and O–H groups in total. The van der Waals surface area contributed by atoms with Crippen LogP contribution in [0.2, 0.25) is 5.02 Å². The number of aromatic nitrogens is 2. The summed E-state index contributed by atoms with van der Waals surface area (Å²) in [5, 5.41) is 18.1. The van der Waals surface area contributed by atoms with Crippen LogP contribution in [-0.2, 0) is 0 Å². The van der Waals surface area contributed by atoms with Crippen molar-refractivity contribution in [2.45, 2.75) is 6.92 Å². The summed E-state index contributed by atoms with van der Waals surface area (Å²) in [6.07, 6.45) is 1.25. The van der Waals surface area contributed by atoms with Gasteiger partial charge in [-0.2, -0.15) is 0 Å². The number of nitro groups is 1. The summed E-state index contributed by atoms with van der Waals surface area (Å²) >= 11 is 5.86. The summed E-state index contributed by atoms with van der Waals surface area (Å²) in [7, 11) is 0. The standard InChI is InChI=1S/C18H16ClN5O3/c1-2-27-15-9-7-14(8-10-15)23-18-16(24(25)26)17(20-11-21-18)22-13-5-3-12(19)4-6-13/h3-11H,2H2,1H3,(H2,20,21,22,23). The lowest BCUT2D eigenvalue weighted by atomic mass is 10.3. The van der Waals surface area contributed by atoms with E-state index in [-0.39, 0.29) is 17.3 Å². The molecule has 3 rings (SSSR count). The van der Waals surface area contributed by atoms with E-state index in [0.29, 0.717) is 28.8 Å². The normalized spacial score (nSPS) is 10.3. The summed E-state index contributed by atoms with van der Waals surface area (Å²) in [6.45, 7) is 2.45. The van der Waals surface area contributed by atoms with Gasteiger partial charge in [0.15, 0.2) is 0 Å². The van der Waals surface area contributed by atoms with Crippen LogP contribution in [0.5, 0.6) is 5.75 Å². The number of halogens is 1. The zero-order valence-electron chi connectivity index (χ0n) is 14.3. The van der Waals surface area contributed by atoms with E-state index in [9.17, 15) is 10.1 Å². The molecule has 138 valence electrons. The van der Waals surface area contributed by atoms with Crippen molar-refractivity contribution in [3.63, 3.8) is 0 Å². The molecule has 9 heteroatoms. The van der Waals surface area contributed by atoms with Gasteiger partial charge in [0.2, 0.25) is 11.6 Å². The Labute approximate surface area is 160 Å². The van der Waals surface area contributed by atoms with E-state index in [1.54, 1.807) is 48.5 Å². The van der Waals surface area contributed by atoms with Crippen LogP contribution >= 0.6 is 11.6 Å². The van der Waals surface area contributed by atoms with Crippen LogP contribution in [0.25, 0.3) is 0 Å². The fraction of sp³-hybridized carbons (Fsp3) is 0.111. The molecule has 3 aromatic rings. The molecule has 0 aliphatic carbocycles. The molecule has 0 spiro atoms. The summed E-state index contributed by atoms with van der Waals surface area (Å²) in [6, 6.07) is 13.8. The van der Waals surface area contributed by atoms with Gasteiger partial charge in [-0.1, -0.05) is 11.6 Å². The highest BCUT2D eigenvalue weighted by atomic mass is 35.5. The maximum atomic E-state index is 11.6. The molecule has 0 aliphatic rings. The number of hydrogen-bond donors (Lipinski definition) is 2. The van der Waals surface area contributed by atoms with Crippen LogP contribution in [0.15, 0.2) is 54.9 Å². The fourth-order valence-corrected chi connectivity index (χ4v) is 2.47. The molecule has 27 heavy (non-hydrogen) atoms. The largest absolute Gasteiger partial charge is 0.494 e. The van der Waals surface area contributed by atoms with Crippen molar-refractivity contribution >= 4 is 40.3 Å². The number of ether oxygens (including phenoxy) is 1. The Morgan fingerprint density at radius 2 is 1.52 bits per heavy atom. The van der Waals surface area contributed by atoms with Crippen LogP contribution in [-0.4, -0.2) is 21.5 Å². The first-order chi connectivity index (χ1) is 13.1. The summed E-state index contributed by atoms with van der Waals surface area (Å²) in [5.41, 5.74) is 0.993. The minimum atomic E-state index is -0.533. The smallest absolute Gasteiger partial charge is 0.353 e. The molecular formula is C18H16ClN5O3. The highest BCUT2D eigenvalue weighted by Gasteiger charge is 2.23. The second kappa shape index (κ2) is 8.33. The molecule has 8 nitrogen and oxygen atoms in total. The van der Waals surface area contributed by atoms with Gasteiger partial charge in [0, 0.05) is 16.4 Å². The van der Waals surface area contributed by atoms with Crippen molar-refractivity contribution in [3.8, 4) is 5.75 Å². The second-order valence-corrected chi connectivity index (χ2v) is 5.83. The monoisotopic (exact) mass is 385 g/mol. The van der Waals surface area contributed by atoms with Crippen LogP contribution in [0.3, 0.4) is 0 Å². The third kappa shape index (κ3) is 4.62. The maximum Gasteiger partial charge on any atom is 0.353 e. The highest BCUT2D eigenvalue weighted by molar-refractivity contribution is 6.30. The van der Waals surface area contributed by atoms with Gasteiger partial charge in [-0.3, -0.25) is 10.1 Å². The fourth-order valence-electron chi connectivity index (χ4n) is 2.34. The first kappa shape index (κ1) is 18.4. The Morgan fingerprint density at radius 1 is 1.00 bits per heavy atom. The number of nitrogens with one attached hydrogen (secondary N) is 2. The van der Waals surface area contributed by atoms with E-state index in [2.05, 4.69) is 20.6 Å². The van der Waals surface area contributed by atoms with E-state index in [0.717, 1.165) is 0 Å². The maximum absolute atomic E-state index is 11.6. The number of benzene rings is 2. The molecule has 0 radical (unpaired) electrons. The SMILES string of the molecule is CCOc1ccc(Nc2ncnc(Nc3ccc(Cl)cc3)c2[N+](=O)[O-])cc1. The molecule has 0 aliphatic heterocycles. The van der Waals surface area contributed by atoms with Crippen LogP contribution in [0.1, 0.15) is 6.92 Å². The van der Waals surface area contributed by atoms with Gasteiger partial charge in [-0.15, -0.1) is 0 Å². The van der Waals surface area contributed by atoms with Gasteiger partial charge in [-0.25, -0.2) is 9.97 Å². The minimum Gasteiger partial charge on any atom is -0.494 e. The van der Waals surface area contributed by atoms with Gasteiger partial charge in [-0.05, 0) is 55.5 Å². The van der Waals surface area contributed by atoms with E-state index < -0.39 is 4.92 Å². The Hall–Kier alpha value is -3.39. The number of hydrogen-bond acceptors (Lipinski definition) is 7. The first-order valence-corrected chi connectivity index (χ1v) is 8.46. The molecular weight excluding hydrogens is 370 g/mol. The van der Waals surface area contributed by atoms with Crippen molar-refractivity contribution in [1.29, 1.82) is 0 Å². The number of nitrogens with zero attached hydrogens (tertiary/aromatic N) is 3. The molecule has 0 bridgehead atoms. The second-order valence-electron chi connectivity index (χ2n) is 5.39. The highest BCUT2D eigenvalue weighted by Crippen LogP contribution is 2.33. The Morgan fingerprint density at radius 3 is 2.00 bits per heavy atom. The summed E-state index contributed by atoms with van der Waals surface area (Å²) < 4.78 is 5.39. The lowest BCUT2D eigenvalue weighted by Gasteiger charge is -2.10. The minimum absolute atomic E-state index is 0.0748. The molecule has 0 saturated carbocycles. The predicted molar refractivity (Wildman–Crippen MR) is 104 cm³/mol. The lowest BCUT2D eigenvalue weighted by Crippen LogP contribution is -2.05. The van der Waals surface area contributed by atoms with Gasteiger partial charge < -0.3 is 15.4 Å². The van der Waals surface area contributed by atoms with E-state index in [1.807, 2.05) is 6.92 Å². The molecule has 1 aromatic heterocycles. The topological polar surface area (TPSA) is 102 Å². The van der Waals surface area contributed by atoms with Crippen molar-refractivity contribution in [1.82, 2.24) is 9.97 Å². The number of rotatable bonds is 7. The third-order valence-corrected chi connectivity index (χ3v) is 3.79. The predicted octanol–water partition coefficient (Wildman–Crippen LogP) is 4.92. The van der Waals surface area contributed by atoms with E-state index in [4.69, 9.17) is 16.3 Å². The quantitative estimate of drug-likeness (QED) is 0.439. The van der Waals surface area contributed by atoms with Crippen molar-refractivity contribution in [3.05, 3.63) is 70.0 Å². The zero-order valence-corrected chi connectivity index (χ0v) is 15.1. The van der Waals surface area contributed by atoms with Crippen LogP contribution < -0.4 is 15.4 Å². The molecule has 0 saturated heterocycles. The molecule has 2 aromatic carbocycles. The van der Waals surface area contributed by atoms with Crippen molar-refractivity contribution in [2.24, 2.45) is 0 Å². The van der Waals surface area contributed by atoms with E-state index >= 15 is 0 Å². The van der Waals surface area contributed by atoms with E-state index in [1.165, 1.54) is 6.33 Å². The van der Waals surface area contributed by atoms with Crippen LogP contribution in [0.4, 0.5) is 28.7 Å². The average Bonchev–Trinajstić information content (AvgIpc) is 2.65. The summed E-state index contributed by atoms with van der Waals surface area (Å²) in [4.78, 5) is 19.1.